The predicted octanol–water partition coefficient (Wildman–Crippen LogP) is 0.172. The van der Waals surface area contributed by atoms with Crippen molar-refractivity contribution in [3.63, 3.8) is 0 Å². The quantitative estimate of drug-likeness (QED) is 0.705. The first kappa shape index (κ1) is 15.3. The molecule has 3 aromatic rings. The molecule has 0 saturated carbocycles. The first-order valence-corrected chi connectivity index (χ1v) is 8.02. The number of aromatic amines is 2. The molecule has 2 N–H and O–H groups in total. The van der Waals surface area contributed by atoms with Gasteiger partial charge in [-0.25, -0.2) is 14.9 Å². The fourth-order valence-electron chi connectivity index (χ4n) is 3.25. The van der Waals surface area contributed by atoms with Crippen LogP contribution in [0, 0.1) is 0 Å². The number of para-hydroxylation sites is 1. The average Bonchev–Trinajstić information content (AvgIpc) is 3.26. The maximum Gasteiger partial charge on any atom is 0.340 e. The summed E-state index contributed by atoms with van der Waals surface area (Å²) >= 11 is 0. The number of benzene rings is 1. The van der Waals surface area contributed by atoms with Crippen molar-refractivity contribution in [2.45, 2.75) is 25.4 Å². The van der Waals surface area contributed by atoms with Crippen LogP contribution in [-0.4, -0.2) is 42.1 Å². The Morgan fingerprint density at radius 2 is 2.12 bits per heavy atom. The Labute approximate surface area is 141 Å². The van der Waals surface area contributed by atoms with E-state index in [1.807, 2.05) is 6.07 Å². The van der Waals surface area contributed by atoms with Gasteiger partial charge in [0, 0.05) is 6.54 Å². The molecule has 9 nitrogen and oxygen atoms in total. The number of hydrogen-bond donors (Lipinski definition) is 2. The first-order chi connectivity index (χ1) is 12.1. The second kappa shape index (κ2) is 6.00. The van der Waals surface area contributed by atoms with Gasteiger partial charge in [0.15, 0.2) is 5.82 Å². The Balaban J connectivity index is 1.60. The topological polar surface area (TPSA) is 117 Å². The monoisotopic (exact) mass is 340 g/mol. The molecule has 3 heterocycles. The van der Waals surface area contributed by atoms with Crippen LogP contribution in [0.4, 0.5) is 0 Å². The van der Waals surface area contributed by atoms with E-state index < -0.39 is 5.69 Å². The van der Waals surface area contributed by atoms with Crippen LogP contribution in [0.5, 0.6) is 0 Å². The van der Waals surface area contributed by atoms with Crippen molar-refractivity contribution in [1.29, 1.82) is 0 Å². The second-order valence-electron chi connectivity index (χ2n) is 6.00. The zero-order chi connectivity index (χ0) is 17.4. The molecular formula is C16H16N6O3. The smallest absolute Gasteiger partial charge is 0.331 e. The van der Waals surface area contributed by atoms with Crippen molar-refractivity contribution < 1.29 is 4.79 Å². The number of nitrogens with zero attached hydrogens (tertiary/aromatic N) is 4. The fraction of sp³-hybridized carbons (Fsp3) is 0.312. The molecule has 9 heteroatoms. The number of likely N-dealkylation sites (tertiary alicyclic amines) is 1. The minimum atomic E-state index is -0.399. The van der Waals surface area contributed by atoms with E-state index in [0.717, 1.165) is 12.8 Å². The van der Waals surface area contributed by atoms with E-state index in [2.05, 4.69) is 20.2 Å². The molecule has 1 fully saturated rings. The van der Waals surface area contributed by atoms with Crippen molar-refractivity contribution in [3.05, 3.63) is 57.3 Å². The number of rotatable bonds is 3. The zero-order valence-corrected chi connectivity index (χ0v) is 13.3. The summed E-state index contributed by atoms with van der Waals surface area (Å²) in [6.45, 7) is 0.468. The number of carbonyl (C=O) groups excluding carboxylic acids is 1. The summed E-state index contributed by atoms with van der Waals surface area (Å²) in [5.74, 6) is 0.241. The van der Waals surface area contributed by atoms with Crippen LogP contribution in [0.15, 0.2) is 40.2 Å². The predicted molar refractivity (Wildman–Crippen MR) is 88.9 cm³/mol. The second-order valence-corrected chi connectivity index (χ2v) is 6.00. The molecule has 0 bridgehead atoms. The third-order valence-corrected chi connectivity index (χ3v) is 4.45. The van der Waals surface area contributed by atoms with Crippen LogP contribution in [0.3, 0.4) is 0 Å². The molecular weight excluding hydrogens is 324 g/mol. The molecule has 4 rings (SSSR count). The zero-order valence-electron chi connectivity index (χ0n) is 13.3. The van der Waals surface area contributed by atoms with Gasteiger partial charge in [0.05, 0.1) is 23.3 Å². The molecule has 1 atom stereocenters. The standard InChI is InChI=1S/C16H16N6O3/c23-13(22-7-3-6-12(22)14-18-16(25)20-19-14)8-21-9-17-11-5-2-1-4-10(11)15(21)24/h1-2,4-5,9,12H,3,6-8H2,(H2,18,19,20,25). The largest absolute Gasteiger partial charge is 0.340 e. The van der Waals surface area contributed by atoms with Gasteiger partial charge in [-0.3, -0.25) is 19.1 Å². The molecule has 25 heavy (non-hydrogen) atoms. The number of hydrogen-bond acceptors (Lipinski definition) is 5. The third kappa shape index (κ3) is 2.73. The van der Waals surface area contributed by atoms with Gasteiger partial charge in [0.2, 0.25) is 5.91 Å². The molecule has 128 valence electrons. The van der Waals surface area contributed by atoms with Crippen LogP contribution in [0.25, 0.3) is 10.9 Å². The molecule has 0 radical (unpaired) electrons. The van der Waals surface area contributed by atoms with Gasteiger partial charge in [-0.15, -0.1) is 0 Å². The summed E-state index contributed by atoms with van der Waals surface area (Å²) in [6.07, 6.45) is 2.93. The van der Waals surface area contributed by atoms with Crippen molar-refractivity contribution in [2.75, 3.05) is 6.54 Å². The van der Waals surface area contributed by atoms with E-state index in [0.29, 0.717) is 23.3 Å². The van der Waals surface area contributed by atoms with Gasteiger partial charge >= 0.3 is 5.69 Å². The number of fused-ring (bicyclic) bond motifs is 1. The summed E-state index contributed by atoms with van der Waals surface area (Å²) in [4.78, 5) is 45.0. The van der Waals surface area contributed by atoms with Crippen LogP contribution >= 0.6 is 0 Å². The van der Waals surface area contributed by atoms with E-state index in [-0.39, 0.29) is 24.1 Å². The summed E-state index contributed by atoms with van der Waals surface area (Å²) in [5.41, 5.74) is -0.0449. The number of amides is 1. The van der Waals surface area contributed by atoms with Gasteiger partial charge < -0.3 is 4.90 Å². The van der Waals surface area contributed by atoms with E-state index in [4.69, 9.17) is 0 Å². The lowest BCUT2D eigenvalue weighted by atomic mass is 10.2. The Morgan fingerprint density at radius 3 is 2.92 bits per heavy atom. The summed E-state index contributed by atoms with van der Waals surface area (Å²) in [7, 11) is 0. The molecule has 1 aliphatic rings. The van der Waals surface area contributed by atoms with E-state index in [9.17, 15) is 14.4 Å². The molecule has 1 aliphatic heterocycles. The summed E-state index contributed by atoms with van der Waals surface area (Å²) < 4.78 is 1.31. The van der Waals surface area contributed by atoms with Gasteiger partial charge in [-0.1, -0.05) is 12.1 Å². The highest BCUT2D eigenvalue weighted by Gasteiger charge is 2.32. The van der Waals surface area contributed by atoms with Crippen LogP contribution in [-0.2, 0) is 11.3 Å². The van der Waals surface area contributed by atoms with Gasteiger partial charge in [0.25, 0.3) is 5.56 Å². The fourth-order valence-corrected chi connectivity index (χ4v) is 3.25. The Morgan fingerprint density at radius 1 is 1.28 bits per heavy atom. The average molecular weight is 340 g/mol. The minimum absolute atomic E-state index is 0.0954. The van der Waals surface area contributed by atoms with Crippen LogP contribution < -0.4 is 11.2 Å². The maximum atomic E-state index is 12.7. The lowest BCUT2D eigenvalue weighted by Gasteiger charge is -2.23. The number of carbonyl (C=O) groups is 1. The van der Waals surface area contributed by atoms with Gasteiger partial charge in [-0.05, 0) is 25.0 Å². The van der Waals surface area contributed by atoms with Gasteiger partial charge in [0.1, 0.15) is 6.54 Å². The molecule has 1 unspecified atom stereocenters. The highest BCUT2D eigenvalue weighted by atomic mass is 16.2. The SMILES string of the molecule is O=C(Cn1cnc2ccccc2c1=O)N1CCCC1c1n[nH]c(=O)[nH]1. The molecule has 0 spiro atoms. The number of H-pyrrole nitrogens is 2. The minimum Gasteiger partial charge on any atom is -0.331 e. The van der Waals surface area contributed by atoms with Crippen molar-refractivity contribution in [2.24, 2.45) is 0 Å². The van der Waals surface area contributed by atoms with E-state index >= 15 is 0 Å². The molecule has 1 saturated heterocycles. The highest BCUT2D eigenvalue weighted by molar-refractivity contribution is 5.79. The van der Waals surface area contributed by atoms with Gasteiger partial charge in [-0.2, -0.15) is 5.10 Å². The Bertz CT molecular complexity index is 1050. The van der Waals surface area contributed by atoms with E-state index in [1.165, 1.54) is 10.9 Å². The Hall–Kier alpha value is -3.23. The number of nitrogens with one attached hydrogen (secondary N) is 2. The molecule has 1 aromatic carbocycles. The van der Waals surface area contributed by atoms with Crippen LogP contribution in [0.2, 0.25) is 0 Å². The van der Waals surface area contributed by atoms with Crippen LogP contribution in [0.1, 0.15) is 24.7 Å². The first-order valence-electron chi connectivity index (χ1n) is 8.02. The normalized spacial score (nSPS) is 17.3. The third-order valence-electron chi connectivity index (χ3n) is 4.45. The van der Waals surface area contributed by atoms with E-state index in [1.54, 1.807) is 23.1 Å². The van der Waals surface area contributed by atoms with Crippen molar-refractivity contribution in [1.82, 2.24) is 29.6 Å². The lowest BCUT2D eigenvalue weighted by molar-refractivity contribution is -0.133. The summed E-state index contributed by atoms with van der Waals surface area (Å²) in [6, 6.07) is 6.74. The number of aromatic nitrogens is 5. The van der Waals surface area contributed by atoms with Crippen molar-refractivity contribution >= 4 is 16.8 Å². The maximum absolute atomic E-state index is 12.7. The lowest BCUT2D eigenvalue weighted by Crippen LogP contribution is -2.36. The molecule has 2 aromatic heterocycles. The molecule has 1 amide bonds. The summed E-state index contributed by atoms with van der Waals surface area (Å²) in [5, 5.41) is 6.73. The Kier molecular flexibility index (Phi) is 3.68. The highest BCUT2D eigenvalue weighted by Crippen LogP contribution is 2.29. The molecule has 0 aliphatic carbocycles. The van der Waals surface area contributed by atoms with Crippen molar-refractivity contribution in [3.8, 4) is 0 Å².